The maximum Gasteiger partial charge on any atom is 0.317 e. The molecule has 0 spiro atoms. The second-order valence-corrected chi connectivity index (χ2v) is 6.39. The summed E-state index contributed by atoms with van der Waals surface area (Å²) in [7, 11) is 0. The van der Waals surface area contributed by atoms with Crippen LogP contribution in [-0.2, 0) is 6.42 Å². The number of piperidine rings is 1. The lowest BCUT2D eigenvalue weighted by atomic mass is 9.99. The van der Waals surface area contributed by atoms with Crippen molar-refractivity contribution in [2.75, 3.05) is 26.2 Å². The van der Waals surface area contributed by atoms with Crippen LogP contribution in [0.2, 0.25) is 0 Å². The Morgan fingerprint density at radius 3 is 3.09 bits per heavy atom. The second-order valence-electron chi connectivity index (χ2n) is 6.39. The van der Waals surface area contributed by atoms with E-state index in [0.717, 1.165) is 31.3 Å². The van der Waals surface area contributed by atoms with Gasteiger partial charge in [0.15, 0.2) is 0 Å². The van der Waals surface area contributed by atoms with E-state index in [2.05, 4.69) is 29.4 Å². The van der Waals surface area contributed by atoms with Gasteiger partial charge in [-0.25, -0.2) is 4.79 Å². The molecule has 0 unspecified atom stereocenters. The van der Waals surface area contributed by atoms with Gasteiger partial charge in [0.05, 0.1) is 0 Å². The third-order valence-corrected chi connectivity index (χ3v) is 4.74. The average molecular weight is 315 g/mol. The zero-order valence-electron chi connectivity index (χ0n) is 13.6. The zero-order chi connectivity index (χ0) is 16.2. The van der Waals surface area contributed by atoms with Crippen LogP contribution in [0.3, 0.4) is 0 Å². The number of H-pyrrole nitrogens is 1. The van der Waals surface area contributed by atoms with Gasteiger partial charge in [-0.1, -0.05) is 18.2 Å². The van der Waals surface area contributed by atoms with Crippen molar-refractivity contribution >= 4 is 16.9 Å². The fourth-order valence-electron chi connectivity index (χ4n) is 3.46. The Balaban J connectivity index is 1.56. The first-order chi connectivity index (χ1) is 11.2. The van der Waals surface area contributed by atoms with Crippen molar-refractivity contribution in [3.05, 3.63) is 35.5 Å². The van der Waals surface area contributed by atoms with E-state index >= 15 is 0 Å². The molecule has 1 aromatic carbocycles. The molecule has 0 radical (unpaired) electrons. The van der Waals surface area contributed by atoms with E-state index in [1.807, 2.05) is 17.0 Å². The molecule has 124 valence electrons. The minimum atomic E-state index is -0.0133. The van der Waals surface area contributed by atoms with Gasteiger partial charge < -0.3 is 20.3 Å². The van der Waals surface area contributed by atoms with Gasteiger partial charge in [0.1, 0.15) is 0 Å². The zero-order valence-corrected chi connectivity index (χ0v) is 13.6. The number of fused-ring (bicyclic) bond motifs is 1. The Kier molecular flexibility index (Phi) is 4.86. The van der Waals surface area contributed by atoms with Crippen LogP contribution in [0.4, 0.5) is 4.79 Å². The highest BCUT2D eigenvalue weighted by atomic mass is 16.3. The van der Waals surface area contributed by atoms with E-state index in [1.165, 1.54) is 16.6 Å². The maximum absolute atomic E-state index is 12.3. The Morgan fingerprint density at radius 2 is 2.26 bits per heavy atom. The second kappa shape index (κ2) is 7.04. The summed E-state index contributed by atoms with van der Waals surface area (Å²) in [6.45, 7) is 4.32. The molecule has 3 N–H and O–H groups in total. The Labute approximate surface area is 136 Å². The lowest BCUT2D eigenvalue weighted by Crippen LogP contribution is -2.46. The molecular weight excluding hydrogens is 290 g/mol. The molecular formula is C18H25N3O2. The molecule has 23 heavy (non-hydrogen) atoms. The normalized spacial score (nSPS) is 18.3. The number of aromatic amines is 1. The summed E-state index contributed by atoms with van der Waals surface area (Å²) in [5.74, 6) is 0.227. The van der Waals surface area contributed by atoms with Gasteiger partial charge >= 0.3 is 6.03 Å². The number of carbonyl (C=O) groups excluding carboxylic acids is 1. The largest absolute Gasteiger partial charge is 0.396 e. The summed E-state index contributed by atoms with van der Waals surface area (Å²) in [6.07, 6.45) is 2.80. The Bertz CT molecular complexity index is 680. The SMILES string of the molecule is Cc1[nH]c2ccccc2c1CCNC(=O)N1CCC[C@@H](CO)C1. The smallest absolute Gasteiger partial charge is 0.317 e. The van der Waals surface area contributed by atoms with Crippen LogP contribution in [0.25, 0.3) is 10.9 Å². The number of aliphatic hydroxyl groups is 1. The van der Waals surface area contributed by atoms with Crippen molar-refractivity contribution in [2.45, 2.75) is 26.2 Å². The number of aromatic nitrogens is 1. The lowest BCUT2D eigenvalue weighted by Gasteiger charge is -2.31. The number of amides is 2. The predicted molar refractivity (Wildman–Crippen MR) is 91.5 cm³/mol. The highest BCUT2D eigenvalue weighted by Gasteiger charge is 2.22. The number of nitrogens with one attached hydrogen (secondary N) is 2. The molecule has 1 atom stereocenters. The summed E-state index contributed by atoms with van der Waals surface area (Å²) < 4.78 is 0. The van der Waals surface area contributed by atoms with Crippen LogP contribution in [0.5, 0.6) is 0 Å². The van der Waals surface area contributed by atoms with Crippen molar-refractivity contribution in [3.63, 3.8) is 0 Å². The number of rotatable bonds is 4. The van der Waals surface area contributed by atoms with Crippen molar-refractivity contribution in [3.8, 4) is 0 Å². The van der Waals surface area contributed by atoms with Gasteiger partial charge in [0, 0.05) is 42.8 Å². The van der Waals surface area contributed by atoms with E-state index in [1.54, 1.807) is 0 Å². The fraction of sp³-hybridized carbons (Fsp3) is 0.500. The van der Waals surface area contributed by atoms with Crippen LogP contribution < -0.4 is 5.32 Å². The number of likely N-dealkylation sites (tertiary alicyclic amines) is 1. The van der Waals surface area contributed by atoms with E-state index in [9.17, 15) is 9.90 Å². The highest BCUT2D eigenvalue weighted by molar-refractivity contribution is 5.84. The number of benzene rings is 1. The standard InChI is InChI=1S/C18H25N3O2/c1-13-15(16-6-2-3-7-17(16)20-13)8-9-19-18(23)21-10-4-5-14(11-21)12-22/h2-3,6-7,14,20,22H,4-5,8-12H2,1H3,(H,19,23)/t14-/m1/s1. The molecule has 0 saturated carbocycles. The van der Waals surface area contributed by atoms with E-state index < -0.39 is 0 Å². The maximum atomic E-state index is 12.3. The van der Waals surface area contributed by atoms with Gasteiger partial charge in [-0.2, -0.15) is 0 Å². The van der Waals surface area contributed by atoms with Crippen LogP contribution in [0.15, 0.2) is 24.3 Å². The number of aliphatic hydroxyl groups excluding tert-OH is 1. The molecule has 0 bridgehead atoms. The molecule has 1 aliphatic rings. The van der Waals surface area contributed by atoms with Crippen molar-refractivity contribution in [1.82, 2.24) is 15.2 Å². The molecule has 2 heterocycles. The number of aryl methyl sites for hydroxylation is 1. The summed E-state index contributed by atoms with van der Waals surface area (Å²) in [4.78, 5) is 17.5. The summed E-state index contributed by atoms with van der Waals surface area (Å²) in [5.41, 5.74) is 3.58. The van der Waals surface area contributed by atoms with Gasteiger partial charge in [-0.15, -0.1) is 0 Å². The van der Waals surface area contributed by atoms with Crippen LogP contribution in [0.1, 0.15) is 24.1 Å². The van der Waals surface area contributed by atoms with Gasteiger partial charge in [-0.05, 0) is 43.7 Å². The molecule has 0 aliphatic carbocycles. The molecule has 1 saturated heterocycles. The molecule has 1 fully saturated rings. The topological polar surface area (TPSA) is 68.4 Å². The molecule has 3 rings (SSSR count). The molecule has 1 aromatic heterocycles. The first-order valence-corrected chi connectivity index (χ1v) is 8.39. The van der Waals surface area contributed by atoms with E-state index in [0.29, 0.717) is 13.1 Å². The highest BCUT2D eigenvalue weighted by Crippen LogP contribution is 2.22. The number of urea groups is 1. The van der Waals surface area contributed by atoms with Crippen molar-refractivity contribution in [1.29, 1.82) is 0 Å². The van der Waals surface area contributed by atoms with Crippen LogP contribution in [0, 0.1) is 12.8 Å². The van der Waals surface area contributed by atoms with Gasteiger partial charge in [0.25, 0.3) is 0 Å². The molecule has 2 aromatic rings. The minimum Gasteiger partial charge on any atom is -0.396 e. The first-order valence-electron chi connectivity index (χ1n) is 8.39. The molecule has 5 nitrogen and oxygen atoms in total. The fourth-order valence-corrected chi connectivity index (χ4v) is 3.46. The quantitative estimate of drug-likeness (QED) is 0.811. The number of hydrogen-bond donors (Lipinski definition) is 3. The number of hydrogen-bond acceptors (Lipinski definition) is 2. The lowest BCUT2D eigenvalue weighted by molar-refractivity contribution is 0.129. The predicted octanol–water partition coefficient (Wildman–Crippen LogP) is 2.43. The Morgan fingerprint density at radius 1 is 1.43 bits per heavy atom. The van der Waals surface area contributed by atoms with Crippen molar-refractivity contribution in [2.24, 2.45) is 5.92 Å². The first kappa shape index (κ1) is 15.9. The molecule has 2 amide bonds. The summed E-state index contributed by atoms with van der Waals surface area (Å²) in [6, 6.07) is 8.25. The van der Waals surface area contributed by atoms with Crippen molar-refractivity contribution < 1.29 is 9.90 Å². The number of carbonyl (C=O) groups is 1. The minimum absolute atomic E-state index is 0.0133. The number of para-hydroxylation sites is 1. The van der Waals surface area contributed by atoms with E-state index in [-0.39, 0.29) is 18.6 Å². The average Bonchev–Trinajstić information content (AvgIpc) is 2.90. The summed E-state index contributed by atoms with van der Waals surface area (Å²) >= 11 is 0. The van der Waals surface area contributed by atoms with E-state index in [4.69, 9.17) is 0 Å². The molecule has 5 heteroatoms. The van der Waals surface area contributed by atoms with Gasteiger partial charge in [0.2, 0.25) is 0 Å². The molecule has 1 aliphatic heterocycles. The Hall–Kier alpha value is -2.01. The van der Waals surface area contributed by atoms with Crippen LogP contribution >= 0.6 is 0 Å². The number of nitrogens with zero attached hydrogens (tertiary/aromatic N) is 1. The summed E-state index contributed by atoms with van der Waals surface area (Å²) in [5, 5.41) is 13.5. The van der Waals surface area contributed by atoms with Crippen LogP contribution in [-0.4, -0.2) is 47.3 Å². The van der Waals surface area contributed by atoms with Gasteiger partial charge in [-0.3, -0.25) is 0 Å². The third kappa shape index (κ3) is 3.50. The third-order valence-electron chi connectivity index (χ3n) is 4.74. The monoisotopic (exact) mass is 315 g/mol.